The fourth-order valence-electron chi connectivity index (χ4n) is 4.59. The molecule has 0 fully saturated rings. The summed E-state index contributed by atoms with van der Waals surface area (Å²) in [5.41, 5.74) is 5.25. The van der Waals surface area contributed by atoms with E-state index in [1.54, 1.807) is 44.3 Å². The van der Waals surface area contributed by atoms with Gasteiger partial charge in [0, 0.05) is 41.7 Å². The molecule has 0 unspecified atom stereocenters. The molecule has 2 heterocycles. The van der Waals surface area contributed by atoms with Crippen molar-refractivity contribution in [3.8, 4) is 11.1 Å². The van der Waals surface area contributed by atoms with Crippen LogP contribution in [0.1, 0.15) is 49.2 Å². The molecule has 8 nitrogen and oxygen atoms in total. The summed E-state index contributed by atoms with van der Waals surface area (Å²) in [7, 11) is -6.77. The molecule has 5 rings (SSSR count). The number of aromatic nitrogens is 3. The van der Waals surface area contributed by atoms with Gasteiger partial charge in [0.25, 0.3) is 5.89 Å². The standard InChI is InChI=1S/C32H31N3O5S2/c1-6-29-34-31(40-35-29)28(22-12-14-26(15-13-22)41(4,36)37)18-21-9-7-10-23(17-21)27-20-25(32(2,3)42(5,38)39)19-24-11-8-16-33-30(24)27/h7-20H,6H2,1-5H3/b28-18-. The molecular formula is C32H31N3O5S2. The predicted octanol–water partition coefficient (Wildman–Crippen LogP) is 6.12. The Hall–Kier alpha value is -4.15. The lowest BCUT2D eigenvalue weighted by atomic mass is 9.92. The van der Waals surface area contributed by atoms with Crippen molar-refractivity contribution in [1.82, 2.24) is 15.1 Å². The van der Waals surface area contributed by atoms with Crippen LogP contribution < -0.4 is 0 Å². The fourth-order valence-corrected chi connectivity index (χ4v) is 5.77. The highest BCUT2D eigenvalue weighted by Crippen LogP contribution is 2.37. The first-order valence-electron chi connectivity index (χ1n) is 13.3. The molecule has 0 saturated carbocycles. The quantitative estimate of drug-likeness (QED) is 0.195. The van der Waals surface area contributed by atoms with Gasteiger partial charge in [0.2, 0.25) is 0 Å². The van der Waals surface area contributed by atoms with Crippen molar-refractivity contribution in [2.45, 2.75) is 36.8 Å². The van der Waals surface area contributed by atoms with Crippen molar-refractivity contribution >= 4 is 42.2 Å². The molecule has 10 heteroatoms. The van der Waals surface area contributed by atoms with Crippen LogP contribution in [0.5, 0.6) is 0 Å². The third kappa shape index (κ3) is 5.77. The van der Waals surface area contributed by atoms with Crippen molar-refractivity contribution in [3.05, 3.63) is 107 Å². The van der Waals surface area contributed by atoms with Gasteiger partial charge >= 0.3 is 0 Å². The molecule has 42 heavy (non-hydrogen) atoms. The van der Waals surface area contributed by atoms with Crippen molar-refractivity contribution in [1.29, 1.82) is 0 Å². The zero-order chi connectivity index (χ0) is 30.3. The molecular weight excluding hydrogens is 571 g/mol. The van der Waals surface area contributed by atoms with Gasteiger partial charge in [-0.3, -0.25) is 4.98 Å². The van der Waals surface area contributed by atoms with Crippen LogP contribution in [0.4, 0.5) is 0 Å². The van der Waals surface area contributed by atoms with Gasteiger partial charge in [0.15, 0.2) is 25.5 Å². The van der Waals surface area contributed by atoms with E-state index in [-0.39, 0.29) is 4.90 Å². The Morgan fingerprint density at radius 1 is 0.929 bits per heavy atom. The van der Waals surface area contributed by atoms with E-state index in [9.17, 15) is 16.8 Å². The number of aryl methyl sites for hydroxylation is 1. The van der Waals surface area contributed by atoms with Crippen LogP contribution in [-0.2, 0) is 30.8 Å². The van der Waals surface area contributed by atoms with Crippen LogP contribution >= 0.6 is 0 Å². The lowest BCUT2D eigenvalue weighted by Gasteiger charge is -2.24. The maximum atomic E-state index is 12.7. The van der Waals surface area contributed by atoms with Gasteiger partial charge in [-0.15, -0.1) is 0 Å². The number of nitrogens with zero attached hydrogens (tertiary/aromatic N) is 3. The van der Waals surface area contributed by atoms with Gasteiger partial charge in [0.1, 0.15) is 0 Å². The van der Waals surface area contributed by atoms with E-state index in [2.05, 4.69) is 15.1 Å². The second-order valence-corrected chi connectivity index (χ2v) is 15.3. The summed E-state index contributed by atoms with van der Waals surface area (Å²) in [5, 5.41) is 4.89. The molecule has 3 aromatic carbocycles. The monoisotopic (exact) mass is 601 g/mol. The lowest BCUT2D eigenvalue weighted by Crippen LogP contribution is -2.28. The average Bonchev–Trinajstić information content (AvgIpc) is 3.43. The number of rotatable bonds is 8. The maximum Gasteiger partial charge on any atom is 0.258 e. The topological polar surface area (TPSA) is 120 Å². The zero-order valence-electron chi connectivity index (χ0n) is 24.0. The van der Waals surface area contributed by atoms with E-state index in [0.29, 0.717) is 34.8 Å². The molecule has 5 aromatic rings. The number of fused-ring (bicyclic) bond motifs is 1. The van der Waals surface area contributed by atoms with Crippen LogP contribution in [0, 0.1) is 0 Å². The van der Waals surface area contributed by atoms with E-state index >= 15 is 0 Å². The summed E-state index contributed by atoms with van der Waals surface area (Å²) in [5.74, 6) is 0.869. The minimum atomic E-state index is -3.41. The number of benzene rings is 3. The molecule has 0 atom stereocenters. The minimum absolute atomic E-state index is 0.212. The first kappa shape index (κ1) is 29.3. The van der Waals surface area contributed by atoms with Crippen LogP contribution in [0.3, 0.4) is 0 Å². The van der Waals surface area contributed by atoms with Crippen molar-refractivity contribution in [3.63, 3.8) is 0 Å². The minimum Gasteiger partial charge on any atom is -0.334 e. The van der Waals surface area contributed by atoms with E-state index in [4.69, 9.17) is 4.52 Å². The van der Waals surface area contributed by atoms with Gasteiger partial charge in [-0.05, 0) is 78.6 Å². The third-order valence-corrected chi connectivity index (χ3v) is 10.7. The number of pyridine rings is 1. The number of sulfone groups is 2. The second-order valence-electron chi connectivity index (χ2n) is 10.7. The zero-order valence-corrected chi connectivity index (χ0v) is 25.6. The van der Waals surface area contributed by atoms with Crippen LogP contribution in [-0.4, -0.2) is 44.5 Å². The Morgan fingerprint density at radius 3 is 2.31 bits per heavy atom. The summed E-state index contributed by atoms with van der Waals surface area (Å²) in [6, 6.07) is 21.9. The Bertz CT molecular complexity index is 2040. The molecule has 2 aromatic heterocycles. The van der Waals surface area contributed by atoms with Crippen molar-refractivity contribution in [2.75, 3.05) is 12.5 Å². The van der Waals surface area contributed by atoms with Gasteiger partial charge in [-0.2, -0.15) is 4.98 Å². The molecule has 0 amide bonds. The van der Waals surface area contributed by atoms with Gasteiger partial charge in [0.05, 0.1) is 15.2 Å². The highest BCUT2D eigenvalue weighted by atomic mass is 32.2. The average molecular weight is 602 g/mol. The first-order valence-corrected chi connectivity index (χ1v) is 17.1. The Balaban J connectivity index is 1.68. The summed E-state index contributed by atoms with van der Waals surface area (Å²) in [6.07, 6.45) is 6.64. The molecule has 0 aliphatic rings. The van der Waals surface area contributed by atoms with Crippen molar-refractivity contribution in [2.24, 2.45) is 0 Å². The highest BCUT2D eigenvalue weighted by Gasteiger charge is 2.33. The third-order valence-electron chi connectivity index (χ3n) is 7.44. The van der Waals surface area contributed by atoms with E-state index in [1.165, 1.54) is 12.5 Å². The molecule has 0 aliphatic carbocycles. The van der Waals surface area contributed by atoms with E-state index in [0.717, 1.165) is 27.6 Å². The van der Waals surface area contributed by atoms with Crippen LogP contribution in [0.25, 0.3) is 33.7 Å². The van der Waals surface area contributed by atoms with Gasteiger partial charge in [-0.25, -0.2) is 16.8 Å². The van der Waals surface area contributed by atoms with Gasteiger partial charge in [-0.1, -0.05) is 48.5 Å². The maximum absolute atomic E-state index is 12.7. The summed E-state index contributed by atoms with van der Waals surface area (Å²) in [4.78, 5) is 9.36. The first-order chi connectivity index (χ1) is 19.8. The molecule has 216 valence electrons. The summed E-state index contributed by atoms with van der Waals surface area (Å²) in [6.45, 7) is 5.35. The normalized spacial score (nSPS) is 13.0. The second kappa shape index (κ2) is 10.9. The predicted molar refractivity (Wildman–Crippen MR) is 165 cm³/mol. The van der Waals surface area contributed by atoms with E-state index in [1.807, 2.05) is 61.5 Å². The Morgan fingerprint density at radius 2 is 1.67 bits per heavy atom. The van der Waals surface area contributed by atoms with Gasteiger partial charge < -0.3 is 4.52 Å². The summed E-state index contributed by atoms with van der Waals surface area (Å²) >= 11 is 0. The molecule has 0 bridgehead atoms. The van der Waals surface area contributed by atoms with Crippen LogP contribution in [0.2, 0.25) is 0 Å². The lowest BCUT2D eigenvalue weighted by molar-refractivity contribution is 0.401. The Kier molecular flexibility index (Phi) is 7.63. The molecule has 0 radical (unpaired) electrons. The van der Waals surface area contributed by atoms with Crippen LogP contribution in [0.15, 0.2) is 88.4 Å². The molecule has 0 saturated heterocycles. The number of hydrogen-bond donors (Lipinski definition) is 0. The highest BCUT2D eigenvalue weighted by molar-refractivity contribution is 7.91. The SMILES string of the molecule is CCc1noc(/C(=C\c2cccc(-c3cc(C(C)(C)S(C)(=O)=O)cc4cccnc34)c2)c2ccc(S(C)(=O)=O)cc2)n1. The van der Waals surface area contributed by atoms with Crippen molar-refractivity contribution < 1.29 is 21.4 Å². The molecule has 0 spiro atoms. The smallest absolute Gasteiger partial charge is 0.258 e. The Labute approximate surface area is 246 Å². The molecule has 0 aliphatic heterocycles. The summed E-state index contributed by atoms with van der Waals surface area (Å²) < 4.78 is 53.9. The number of hydrogen-bond acceptors (Lipinski definition) is 8. The van der Waals surface area contributed by atoms with E-state index < -0.39 is 24.4 Å². The largest absolute Gasteiger partial charge is 0.334 e. The fraction of sp³-hybridized carbons (Fsp3) is 0.219. The molecule has 0 N–H and O–H groups in total.